The zero-order chi connectivity index (χ0) is 21.2. The maximum Gasteiger partial charge on any atom is 0.349 e. The summed E-state index contributed by atoms with van der Waals surface area (Å²) < 4.78 is 11.1. The maximum atomic E-state index is 12.6. The van der Waals surface area contributed by atoms with Gasteiger partial charge in [-0.3, -0.25) is 4.79 Å². The number of nitrogens with one attached hydrogen (secondary N) is 1. The van der Waals surface area contributed by atoms with E-state index in [0.29, 0.717) is 15.8 Å². The van der Waals surface area contributed by atoms with E-state index < -0.39 is 17.5 Å². The van der Waals surface area contributed by atoms with Crippen molar-refractivity contribution < 1.29 is 18.7 Å². The van der Waals surface area contributed by atoms with Gasteiger partial charge in [-0.05, 0) is 37.6 Å². The molecule has 0 aliphatic carbocycles. The molecular formula is C21H23N3O4S. The summed E-state index contributed by atoms with van der Waals surface area (Å²) in [5, 5.41) is 11.4. The maximum absolute atomic E-state index is 12.6. The molecule has 1 N–H and O–H groups in total. The van der Waals surface area contributed by atoms with Crippen molar-refractivity contribution in [3.05, 3.63) is 52.7 Å². The van der Waals surface area contributed by atoms with Crippen LogP contribution < -0.4 is 5.32 Å². The Bertz CT molecular complexity index is 1020. The van der Waals surface area contributed by atoms with Gasteiger partial charge >= 0.3 is 5.97 Å². The number of aromatic nitrogens is 2. The van der Waals surface area contributed by atoms with Crippen LogP contribution in [0, 0.1) is 12.3 Å². The smallest absolute Gasteiger partial charge is 0.349 e. The van der Waals surface area contributed by atoms with E-state index in [-0.39, 0.29) is 11.8 Å². The van der Waals surface area contributed by atoms with Crippen LogP contribution >= 0.6 is 11.3 Å². The first-order chi connectivity index (χ1) is 13.6. The highest BCUT2D eigenvalue weighted by molar-refractivity contribution is 7.18. The Morgan fingerprint density at radius 1 is 1.17 bits per heavy atom. The first-order valence-electron chi connectivity index (χ1n) is 9.17. The third kappa shape index (κ3) is 4.89. The number of aryl methyl sites for hydroxylation is 1. The summed E-state index contributed by atoms with van der Waals surface area (Å²) in [6.07, 6.45) is -0.707. The molecule has 0 saturated heterocycles. The normalized spacial score (nSPS) is 12.4. The van der Waals surface area contributed by atoms with Crippen molar-refractivity contribution in [3.63, 3.8) is 0 Å². The minimum absolute atomic E-state index is 0.119. The number of esters is 1. The molecular weight excluding hydrogens is 390 g/mol. The average molecular weight is 413 g/mol. The number of hydrogen-bond donors (Lipinski definition) is 1. The molecule has 1 atom stereocenters. The Labute approximate surface area is 173 Å². The molecule has 0 aliphatic rings. The van der Waals surface area contributed by atoms with E-state index in [9.17, 15) is 9.59 Å². The van der Waals surface area contributed by atoms with Gasteiger partial charge < -0.3 is 14.5 Å². The fraction of sp³-hybridized carbons (Fsp3) is 0.333. The lowest BCUT2D eigenvalue weighted by Gasteiger charge is -2.16. The highest BCUT2D eigenvalue weighted by Gasteiger charge is 2.25. The molecule has 1 unspecified atom stereocenters. The van der Waals surface area contributed by atoms with E-state index in [2.05, 4.69) is 15.5 Å². The molecule has 7 nitrogen and oxygen atoms in total. The summed E-state index contributed by atoms with van der Waals surface area (Å²) >= 11 is 1.18. The molecule has 0 bridgehead atoms. The number of ether oxygens (including phenoxy) is 1. The Morgan fingerprint density at radius 2 is 1.86 bits per heavy atom. The number of amides is 1. The fourth-order valence-corrected chi connectivity index (χ4v) is 3.36. The van der Waals surface area contributed by atoms with Gasteiger partial charge in [-0.1, -0.05) is 39.0 Å². The summed E-state index contributed by atoms with van der Waals surface area (Å²) in [6.45, 7) is 8.95. The van der Waals surface area contributed by atoms with Gasteiger partial charge in [0.15, 0.2) is 6.10 Å². The predicted octanol–water partition coefficient (Wildman–Crippen LogP) is 5.01. The second-order valence-corrected chi connectivity index (χ2v) is 8.74. The van der Waals surface area contributed by atoms with Crippen molar-refractivity contribution >= 4 is 28.2 Å². The molecule has 2 heterocycles. The molecule has 2 aromatic heterocycles. The summed E-state index contributed by atoms with van der Waals surface area (Å²) in [5.74, 6) is -0.0438. The van der Waals surface area contributed by atoms with Crippen molar-refractivity contribution in [2.24, 2.45) is 5.41 Å². The van der Waals surface area contributed by atoms with Gasteiger partial charge in [0, 0.05) is 11.0 Å². The van der Waals surface area contributed by atoms with Crippen molar-refractivity contribution in [3.8, 4) is 11.5 Å². The zero-order valence-electron chi connectivity index (χ0n) is 17.0. The topological polar surface area (TPSA) is 94.3 Å². The van der Waals surface area contributed by atoms with Crippen LogP contribution in [-0.2, 0) is 9.53 Å². The van der Waals surface area contributed by atoms with Gasteiger partial charge in [-0.25, -0.2) is 4.79 Å². The summed E-state index contributed by atoms with van der Waals surface area (Å²) in [5.41, 5.74) is 0.992. The number of nitrogens with zero attached hydrogens (tertiary/aromatic N) is 2. The molecule has 0 spiro atoms. The monoisotopic (exact) mass is 413 g/mol. The Morgan fingerprint density at radius 3 is 2.52 bits per heavy atom. The van der Waals surface area contributed by atoms with E-state index in [1.165, 1.54) is 11.3 Å². The third-order valence-electron chi connectivity index (χ3n) is 4.11. The first-order valence-corrected chi connectivity index (χ1v) is 9.98. The molecule has 3 rings (SSSR count). The van der Waals surface area contributed by atoms with E-state index in [4.69, 9.17) is 9.15 Å². The lowest BCUT2D eigenvalue weighted by atomic mass is 9.96. The highest BCUT2D eigenvalue weighted by atomic mass is 32.1. The minimum Gasteiger partial charge on any atom is -0.448 e. The Balaban J connectivity index is 1.69. The zero-order valence-corrected chi connectivity index (χ0v) is 17.8. The van der Waals surface area contributed by atoms with E-state index in [0.717, 1.165) is 11.1 Å². The summed E-state index contributed by atoms with van der Waals surface area (Å²) in [6, 6.07) is 11.1. The fourth-order valence-electron chi connectivity index (χ4n) is 2.41. The van der Waals surface area contributed by atoms with Crippen LogP contribution in [0.1, 0.15) is 54.9 Å². The van der Waals surface area contributed by atoms with Gasteiger partial charge in [-0.15, -0.1) is 21.5 Å². The van der Waals surface area contributed by atoms with Crippen molar-refractivity contribution in [1.82, 2.24) is 10.2 Å². The number of rotatable bonds is 5. The van der Waals surface area contributed by atoms with Crippen LogP contribution in [0.4, 0.5) is 5.00 Å². The van der Waals surface area contributed by atoms with Crippen LogP contribution in [0.25, 0.3) is 11.5 Å². The van der Waals surface area contributed by atoms with Crippen molar-refractivity contribution in [1.29, 1.82) is 0 Å². The molecule has 8 heteroatoms. The molecule has 3 aromatic rings. The second kappa shape index (κ2) is 8.16. The molecule has 1 amide bonds. The van der Waals surface area contributed by atoms with Gasteiger partial charge in [0.05, 0.1) is 5.00 Å². The quantitative estimate of drug-likeness (QED) is 0.591. The number of anilines is 1. The first kappa shape index (κ1) is 20.7. The molecule has 0 aliphatic heterocycles. The largest absolute Gasteiger partial charge is 0.448 e. The lowest BCUT2D eigenvalue weighted by molar-refractivity contribution is -0.123. The SMILES string of the molecule is Cc1cc(NC(=O)C(C)(C)C)sc1C(=O)OC(C)c1nnc(-c2ccccc2)o1. The van der Waals surface area contributed by atoms with Gasteiger partial charge in [0.2, 0.25) is 11.8 Å². The highest BCUT2D eigenvalue weighted by Crippen LogP contribution is 2.30. The number of thiophene rings is 1. The van der Waals surface area contributed by atoms with Crippen LogP contribution in [0.2, 0.25) is 0 Å². The summed E-state index contributed by atoms with van der Waals surface area (Å²) in [7, 11) is 0. The molecule has 0 saturated carbocycles. The van der Waals surface area contributed by atoms with Crippen molar-refractivity contribution in [2.75, 3.05) is 5.32 Å². The van der Waals surface area contributed by atoms with E-state index >= 15 is 0 Å². The van der Waals surface area contributed by atoms with Gasteiger partial charge in [-0.2, -0.15) is 0 Å². The number of carbonyl (C=O) groups excluding carboxylic acids is 2. The van der Waals surface area contributed by atoms with Crippen molar-refractivity contribution in [2.45, 2.75) is 40.7 Å². The third-order valence-corrected chi connectivity index (χ3v) is 5.25. The molecule has 0 radical (unpaired) electrons. The average Bonchev–Trinajstić information content (AvgIpc) is 3.28. The van der Waals surface area contributed by atoms with E-state index in [1.54, 1.807) is 19.9 Å². The molecule has 0 fully saturated rings. The van der Waals surface area contributed by atoms with Gasteiger partial charge in [0.25, 0.3) is 5.89 Å². The molecule has 29 heavy (non-hydrogen) atoms. The number of benzene rings is 1. The standard InChI is InChI=1S/C21H23N3O4S/c1-12-11-15(22-20(26)21(3,4)5)29-16(12)19(25)27-13(2)17-23-24-18(28-17)14-9-7-6-8-10-14/h6-11,13H,1-5H3,(H,22,26). The van der Waals surface area contributed by atoms with E-state index in [1.807, 2.05) is 51.1 Å². The number of hydrogen-bond acceptors (Lipinski definition) is 7. The van der Waals surface area contributed by atoms with Crippen LogP contribution in [-0.4, -0.2) is 22.1 Å². The van der Waals surface area contributed by atoms with Gasteiger partial charge in [0.1, 0.15) is 4.88 Å². The molecule has 1 aromatic carbocycles. The minimum atomic E-state index is -0.707. The Kier molecular flexibility index (Phi) is 5.83. The summed E-state index contributed by atoms with van der Waals surface area (Å²) in [4.78, 5) is 25.2. The van der Waals surface area contributed by atoms with Crippen LogP contribution in [0.15, 0.2) is 40.8 Å². The van der Waals surface area contributed by atoms with Crippen LogP contribution in [0.5, 0.6) is 0 Å². The Hall–Kier alpha value is -3.00. The molecule has 152 valence electrons. The van der Waals surface area contributed by atoms with Crippen LogP contribution in [0.3, 0.4) is 0 Å². The second-order valence-electron chi connectivity index (χ2n) is 7.69. The lowest BCUT2D eigenvalue weighted by Crippen LogP contribution is -2.27. The predicted molar refractivity (Wildman–Crippen MR) is 111 cm³/mol. The number of carbonyl (C=O) groups is 2.